The summed E-state index contributed by atoms with van der Waals surface area (Å²) in [5.74, 6) is 0.445. The van der Waals surface area contributed by atoms with Crippen LogP contribution in [0.15, 0.2) is 12.1 Å². The summed E-state index contributed by atoms with van der Waals surface area (Å²) in [4.78, 5) is 15.9. The summed E-state index contributed by atoms with van der Waals surface area (Å²) in [7, 11) is 1.37. The Kier molecular flexibility index (Phi) is 4.37. The first-order valence-electron chi connectivity index (χ1n) is 6.54. The monoisotopic (exact) mass is 264 g/mol. The standard InChI is InChI=1S/C14H20N2O3/c1-9-8-11(6-7-19-9)16-13-5-4-12(10(2)15-13)14(17)18-3/h4-5,9,11H,6-8H2,1-3H3,(H,15,16). The first kappa shape index (κ1) is 13.8. The minimum absolute atomic E-state index is 0.279. The van der Waals surface area contributed by atoms with Crippen molar-refractivity contribution in [1.82, 2.24) is 4.98 Å². The van der Waals surface area contributed by atoms with Crippen LogP contribution in [0.5, 0.6) is 0 Å². The van der Waals surface area contributed by atoms with Crippen molar-refractivity contribution >= 4 is 11.8 Å². The molecule has 0 amide bonds. The van der Waals surface area contributed by atoms with Crippen LogP contribution in [-0.2, 0) is 9.47 Å². The van der Waals surface area contributed by atoms with E-state index < -0.39 is 0 Å². The van der Waals surface area contributed by atoms with Gasteiger partial charge in [-0.25, -0.2) is 9.78 Å². The molecular formula is C14H20N2O3. The molecule has 2 rings (SSSR count). The maximum Gasteiger partial charge on any atom is 0.339 e. The van der Waals surface area contributed by atoms with Crippen molar-refractivity contribution in [3.63, 3.8) is 0 Å². The second kappa shape index (κ2) is 6.02. The lowest BCUT2D eigenvalue weighted by Gasteiger charge is -2.28. The number of aryl methyl sites for hydroxylation is 1. The Hall–Kier alpha value is -1.62. The van der Waals surface area contributed by atoms with Gasteiger partial charge in [0.05, 0.1) is 24.5 Å². The van der Waals surface area contributed by atoms with E-state index in [9.17, 15) is 4.79 Å². The lowest BCUT2D eigenvalue weighted by molar-refractivity contribution is 0.0232. The van der Waals surface area contributed by atoms with E-state index in [1.165, 1.54) is 7.11 Å². The third-order valence-corrected chi connectivity index (χ3v) is 3.33. The molecule has 1 aromatic heterocycles. The highest BCUT2D eigenvalue weighted by atomic mass is 16.5. The van der Waals surface area contributed by atoms with Crippen LogP contribution >= 0.6 is 0 Å². The van der Waals surface area contributed by atoms with Gasteiger partial charge in [0, 0.05) is 12.6 Å². The predicted octanol–water partition coefficient (Wildman–Crippen LogP) is 2.16. The van der Waals surface area contributed by atoms with Gasteiger partial charge in [-0.3, -0.25) is 0 Å². The van der Waals surface area contributed by atoms with Gasteiger partial charge in [-0.05, 0) is 38.8 Å². The molecule has 1 aliphatic rings. The molecule has 5 nitrogen and oxygen atoms in total. The molecule has 5 heteroatoms. The van der Waals surface area contributed by atoms with Crippen molar-refractivity contribution in [2.75, 3.05) is 19.0 Å². The molecule has 0 spiro atoms. The van der Waals surface area contributed by atoms with Crippen molar-refractivity contribution in [1.29, 1.82) is 0 Å². The minimum atomic E-state index is -0.351. The topological polar surface area (TPSA) is 60.5 Å². The average molecular weight is 264 g/mol. The lowest BCUT2D eigenvalue weighted by Crippen LogP contribution is -2.32. The fraction of sp³-hybridized carbons (Fsp3) is 0.571. The van der Waals surface area contributed by atoms with Crippen LogP contribution in [-0.4, -0.2) is 36.8 Å². The van der Waals surface area contributed by atoms with Crippen molar-refractivity contribution in [3.8, 4) is 0 Å². The van der Waals surface area contributed by atoms with Crippen molar-refractivity contribution < 1.29 is 14.3 Å². The summed E-state index contributed by atoms with van der Waals surface area (Å²) < 4.78 is 10.2. The van der Waals surface area contributed by atoms with Crippen molar-refractivity contribution in [3.05, 3.63) is 23.4 Å². The van der Waals surface area contributed by atoms with Gasteiger partial charge in [0.2, 0.25) is 0 Å². The number of pyridine rings is 1. The van der Waals surface area contributed by atoms with E-state index in [0.717, 1.165) is 25.3 Å². The van der Waals surface area contributed by atoms with Gasteiger partial charge in [-0.15, -0.1) is 0 Å². The van der Waals surface area contributed by atoms with Gasteiger partial charge in [0.15, 0.2) is 0 Å². The van der Waals surface area contributed by atoms with E-state index in [2.05, 4.69) is 17.2 Å². The molecule has 104 valence electrons. The molecule has 0 bridgehead atoms. The average Bonchev–Trinajstić information content (AvgIpc) is 2.38. The Morgan fingerprint density at radius 3 is 2.95 bits per heavy atom. The van der Waals surface area contributed by atoms with E-state index >= 15 is 0 Å². The van der Waals surface area contributed by atoms with Gasteiger partial charge >= 0.3 is 5.97 Å². The second-order valence-corrected chi connectivity index (χ2v) is 4.87. The number of nitrogens with one attached hydrogen (secondary N) is 1. The molecule has 19 heavy (non-hydrogen) atoms. The first-order valence-corrected chi connectivity index (χ1v) is 6.54. The van der Waals surface area contributed by atoms with Gasteiger partial charge in [0.25, 0.3) is 0 Å². The number of methoxy groups -OCH3 is 1. The largest absolute Gasteiger partial charge is 0.465 e. The fourth-order valence-corrected chi connectivity index (χ4v) is 2.31. The maximum absolute atomic E-state index is 11.5. The van der Waals surface area contributed by atoms with Crippen LogP contribution in [0, 0.1) is 6.92 Å². The molecule has 0 aromatic carbocycles. The third-order valence-electron chi connectivity index (χ3n) is 3.33. The van der Waals surface area contributed by atoms with Crippen molar-refractivity contribution in [2.24, 2.45) is 0 Å². The number of hydrogen-bond donors (Lipinski definition) is 1. The Morgan fingerprint density at radius 2 is 2.32 bits per heavy atom. The number of aromatic nitrogens is 1. The number of carbonyl (C=O) groups excluding carboxylic acids is 1. The molecule has 1 fully saturated rings. The number of nitrogens with zero attached hydrogens (tertiary/aromatic N) is 1. The van der Waals surface area contributed by atoms with Crippen LogP contribution in [0.1, 0.15) is 35.8 Å². The van der Waals surface area contributed by atoms with Gasteiger partial charge in [-0.2, -0.15) is 0 Å². The highest BCUT2D eigenvalue weighted by molar-refractivity contribution is 5.90. The summed E-state index contributed by atoms with van der Waals surface area (Å²) in [6, 6.07) is 3.94. The highest BCUT2D eigenvalue weighted by Crippen LogP contribution is 2.18. The Bertz CT molecular complexity index is 462. The Balaban J connectivity index is 2.05. The summed E-state index contributed by atoms with van der Waals surface area (Å²) in [5.41, 5.74) is 1.19. The fourth-order valence-electron chi connectivity index (χ4n) is 2.31. The highest BCUT2D eigenvalue weighted by Gasteiger charge is 2.20. The number of anilines is 1. The molecular weight excluding hydrogens is 244 g/mol. The normalized spacial score (nSPS) is 22.9. The Morgan fingerprint density at radius 1 is 1.53 bits per heavy atom. The van der Waals surface area contributed by atoms with Gasteiger partial charge in [0.1, 0.15) is 5.82 Å². The minimum Gasteiger partial charge on any atom is -0.465 e. The van der Waals surface area contributed by atoms with Crippen LogP contribution in [0.4, 0.5) is 5.82 Å². The molecule has 1 N–H and O–H groups in total. The summed E-state index contributed by atoms with van der Waals surface area (Å²) >= 11 is 0. The van der Waals surface area contributed by atoms with E-state index in [1.807, 2.05) is 13.0 Å². The molecule has 1 saturated heterocycles. The molecule has 1 aromatic rings. The van der Waals surface area contributed by atoms with Crippen LogP contribution < -0.4 is 5.32 Å². The zero-order valence-corrected chi connectivity index (χ0v) is 11.6. The lowest BCUT2D eigenvalue weighted by atomic mass is 10.0. The SMILES string of the molecule is COC(=O)c1ccc(NC2CCOC(C)C2)nc1C. The number of ether oxygens (including phenoxy) is 2. The van der Waals surface area contributed by atoms with E-state index in [1.54, 1.807) is 6.07 Å². The number of rotatable bonds is 3. The van der Waals surface area contributed by atoms with Crippen molar-refractivity contribution in [2.45, 2.75) is 38.8 Å². The molecule has 2 heterocycles. The smallest absolute Gasteiger partial charge is 0.339 e. The molecule has 0 radical (unpaired) electrons. The second-order valence-electron chi connectivity index (χ2n) is 4.87. The zero-order valence-electron chi connectivity index (χ0n) is 11.6. The molecule has 2 unspecified atom stereocenters. The van der Waals surface area contributed by atoms with Crippen LogP contribution in [0.3, 0.4) is 0 Å². The van der Waals surface area contributed by atoms with Gasteiger partial charge in [-0.1, -0.05) is 0 Å². The summed E-state index contributed by atoms with van der Waals surface area (Å²) in [6.07, 6.45) is 2.23. The maximum atomic E-state index is 11.5. The first-order chi connectivity index (χ1) is 9.10. The Labute approximate surface area is 113 Å². The zero-order chi connectivity index (χ0) is 13.8. The number of esters is 1. The summed E-state index contributed by atoms with van der Waals surface area (Å²) in [6.45, 7) is 4.66. The molecule has 0 saturated carbocycles. The molecule has 2 atom stereocenters. The van der Waals surface area contributed by atoms with E-state index in [-0.39, 0.29) is 12.1 Å². The molecule has 0 aliphatic carbocycles. The number of hydrogen-bond acceptors (Lipinski definition) is 5. The van der Waals surface area contributed by atoms with Gasteiger partial charge < -0.3 is 14.8 Å². The van der Waals surface area contributed by atoms with Crippen LogP contribution in [0.2, 0.25) is 0 Å². The van der Waals surface area contributed by atoms with E-state index in [0.29, 0.717) is 17.3 Å². The predicted molar refractivity (Wildman–Crippen MR) is 72.4 cm³/mol. The molecule has 1 aliphatic heterocycles. The van der Waals surface area contributed by atoms with E-state index in [4.69, 9.17) is 9.47 Å². The quantitative estimate of drug-likeness (QED) is 0.848. The third kappa shape index (κ3) is 3.44. The van der Waals surface area contributed by atoms with Crippen LogP contribution in [0.25, 0.3) is 0 Å². The summed E-state index contributed by atoms with van der Waals surface area (Å²) in [5, 5.41) is 3.39. The number of carbonyl (C=O) groups is 1.